The van der Waals surface area contributed by atoms with Gasteiger partial charge < -0.3 is 17.2 Å². The Bertz CT molecular complexity index is 352. The molecule has 0 aliphatic rings. The molecule has 0 radical (unpaired) electrons. The Morgan fingerprint density at radius 2 is 1.93 bits per heavy atom. The van der Waals surface area contributed by atoms with Gasteiger partial charge in [-0.25, -0.2) is 5.84 Å². The van der Waals surface area contributed by atoms with Gasteiger partial charge >= 0.3 is 0 Å². The highest BCUT2D eigenvalue weighted by molar-refractivity contribution is 7.80. The molecule has 1 rings (SSSR count). The minimum atomic E-state index is 0.139. The van der Waals surface area contributed by atoms with Crippen LogP contribution in [0, 0.1) is 0 Å². The predicted octanol–water partition coefficient (Wildman–Crippen LogP) is -0.230. The molecule has 0 bridgehead atoms. The third-order valence-electron chi connectivity index (χ3n) is 1.79. The Hall–Kier alpha value is -1.53. The second-order valence-electron chi connectivity index (χ2n) is 2.93. The van der Waals surface area contributed by atoms with Crippen molar-refractivity contribution in [2.75, 3.05) is 11.5 Å². The first kappa shape index (κ1) is 10.6. The van der Waals surface area contributed by atoms with Crippen molar-refractivity contribution in [2.24, 2.45) is 11.6 Å². The summed E-state index contributed by atoms with van der Waals surface area (Å²) in [5, 5.41) is 1.40. The predicted molar refractivity (Wildman–Crippen MR) is 61.8 cm³/mol. The van der Waals surface area contributed by atoms with Crippen molar-refractivity contribution in [3.8, 4) is 0 Å². The van der Waals surface area contributed by atoms with E-state index in [4.69, 9.17) is 35.3 Å². The van der Waals surface area contributed by atoms with Gasteiger partial charge in [0, 0.05) is 0 Å². The maximum atomic E-state index is 5.62. The molecule has 0 saturated carbocycles. The monoisotopic (exact) mass is 211 g/mol. The first-order valence-electron chi connectivity index (χ1n) is 3.96. The molecule has 5 nitrogen and oxygen atoms in total. The van der Waals surface area contributed by atoms with Crippen LogP contribution in [-0.4, -0.2) is 10.1 Å². The molecule has 0 aliphatic heterocycles. The highest BCUT2D eigenvalue weighted by Gasteiger charge is 2.03. The summed E-state index contributed by atoms with van der Waals surface area (Å²) in [7, 11) is 0. The molecule has 0 saturated heterocycles. The van der Waals surface area contributed by atoms with Gasteiger partial charge in [0.05, 0.1) is 17.9 Å². The molecule has 0 unspecified atom stereocenters. The second-order valence-corrected chi connectivity index (χ2v) is 3.35. The highest BCUT2D eigenvalue weighted by Crippen LogP contribution is 2.16. The van der Waals surface area contributed by atoms with E-state index in [2.05, 4.69) is 0 Å². The van der Waals surface area contributed by atoms with Crippen LogP contribution in [0.5, 0.6) is 0 Å². The highest BCUT2D eigenvalue weighted by atomic mass is 32.1. The number of rotatable bonds is 2. The average Bonchev–Trinajstić information content (AvgIpc) is 2.11. The molecule has 1 aromatic rings. The molecule has 0 atom stereocenters. The fourth-order valence-electron chi connectivity index (χ4n) is 0.997. The fraction of sp³-hybridized carbons (Fsp3) is 0.125. The lowest BCUT2D eigenvalue weighted by molar-refractivity contribution is 0.437. The SMILES string of the molecule is NC(=S)N(N)Cc1ccc(N)c(N)c1. The lowest BCUT2D eigenvalue weighted by Gasteiger charge is -2.16. The number of anilines is 2. The molecule has 76 valence electrons. The summed E-state index contributed by atoms with van der Waals surface area (Å²) < 4.78 is 0. The van der Waals surface area contributed by atoms with Crippen LogP contribution in [0.3, 0.4) is 0 Å². The normalized spacial score (nSPS) is 9.79. The smallest absolute Gasteiger partial charge is 0.180 e. The molecular formula is C8H13N5S. The van der Waals surface area contributed by atoms with Gasteiger partial charge in [0.15, 0.2) is 5.11 Å². The molecule has 14 heavy (non-hydrogen) atoms. The van der Waals surface area contributed by atoms with Crippen molar-refractivity contribution in [1.82, 2.24) is 5.01 Å². The molecule has 0 spiro atoms. The number of hydrogen-bond acceptors (Lipinski definition) is 4. The molecule has 6 heteroatoms. The molecule has 1 aromatic carbocycles. The quantitative estimate of drug-likeness (QED) is 0.233. The first-order chi connectivity index (χ1) is 6.50. The number of benzene rings is 1. The van der Waals surface area contributed by atoms with E-state index in [1.807, 2.05) is 6.07 Å². The van der Waals surface area contributed by atoms with E-state index >= 15 is 0 Å². The summed E-state index contributed by atoms with van der Waals surface area (Å²) in [5.41, 5.74) is 18.5. The number of hydrogen-bond donors (Lipinski definition) is 4. The molecular weight excluding hydrogens is 198 g/mol. The van der Waals surface area contributed by atoms with Crippen LogP contribution in [0.4, 0.5) is 11.4 Å². The Balaban J connectivity index is 2.78. The summed E-state index contributed by atoms with van der Waals surface area (Å²) in [5.74, 6) is 5.53. The van der Waals surface area contributed by atoms with Gasteiger partial charge in [-0.2, -0.15) is 0 Å². The van der Waals surface area contributed by atoms with Crippen molar-refractivity contribution in [2.45, 2.75) is 6.54 Å². The maximum absolute atomic E-state index is 5.62. The van der Waals surface area contributed by atoms with E-state index in [0.29, 0.717) is 17.9 Å². The van der Waals surface area contributed by atoms with Crippen LogP contribution in [0.15, 0.2) is 18.2 Å². The summed E-state index contributed by atoms with van der Waals surface area (Å²) in [6.07, 6.45) is 0. The Kier molecular flexibility index (Phi) is 3.10. The lowest BCUT2D eigenvalue weighted by Crippen LogP contribution is -2.40. The number of hydrazine groups is 1. The van der Waals surface area contributed by atoms with Gasteiger partial charge in [-0.1, -0.05) is 6.07 Å². The number of thiocarbonyl (C=S) groups is 1. The molecule has 0 fully saturated rings. The molecule has 0 aliphatic carbocycles. The Labute approximate surface area is 87.6 Å². The van der Waals surface area contributed by atoms with E-state index in [-0.39, 0.29) is 5.11 Å². The zero-order chi connectivity index (χ0) is 10.7. The summed E-state index contributed by atoms with van der Waals surface area (Å²) in [6, 6.07) is 5.29. The third-order valence-corrected chi connectivity index (χ3v) is 2.02. The topological polar surface area (TPSA) is 107 Å². The van der Waals surface area contributed by atoms with Crippen molar-refractivity contribution in [3.63, 3.8) is 0 Å². The second kappa shape index (κ2) is 4.12. The first-order valence-corrected chi connectivity index (χ1v) is 4.37. The minimum absolute atomic E-state index is 0.139. The Morgan fingerprint density at radius 3 is 2.43 bits per heavy atom. The van der Waals surface area contributed by atoms with Gasteiger partial charge in [-0.15, -0.1) is 0 Å². The summed E-state index contributed by atoms with van der Waals surface area (Å²) in [6.45, 7) is 0.416. The minimum Gasteiger partial charge on any atom is -0.397 e. The molecule has 0 aromatic heterocycles. The third kappa shape index (κ3) is 2.48. The average molecular weight is 211 g/mol. The Morgan fingerprint density at radius 1 is 1.29 bits per heavy atom. The van der Waals surface area contributed by atoms with Gasteiger partial charge in [-0.3, -0.25) is 5.01 Å². The molecule has 0 heterocycles. The van der Waals surface area contributed by atoms with Crippen molar-refractivity contribution >= 4 is 28.7 Å². The van der Waals surface area contributed by atoms with E-state index in [1.165, 1.54) is 5.01 Å². The van der Waals surface area contributed by atoms with Gasteiger partial charge in [-0.05, 0) is 29.9 Å². The van der Waals surface area contributed by atoms with E-state index in [1.54, 1.807) is 12.1 Å². The van der Waals surface area contributed by atoms with Gasteiger partial charge in [0.1, 0.15) is 0 Å². The van der Waals surface area contributed by atoms with Crippen LogP contribution in [0.2, 0.25) is 0 Å². The fourth-order valence-corrected chi connectivity index (χ4v) is 1.06. The zero-order valence-corrected chi connectivity index (χ0v) is 8.42. The van der Waals surface area contributed by atoms with Crippen molar-refractivity contribution < 1.29 is 0 Å². The summed E-state index contributed by atoms with van der Waals surface area (Å²) >= 11 is 4.70. The van der Waals surface area contributed by atoms with Crippen LogP contribution < -0.4 is 23.0 Å². The van der Waals surface area contributed by atoms with Crippen LogP contribution in [0.25, 0.3) is 0 Å². The van der Waals surface area contributed by atoms with Gasteiger partial charge in [0.25, 0.3) is 0 Å². The van der Waals surface area contributed by atoms with Crippen LogP contribution in [-0.2, 0) is 6.54 Å². The largest absolute Gasteiger partial charge is 0.397 e. The van der Waals surface area contributed by atoms with Crippen LogP contribution >= 0.6 is 12.2 Å². The maximum Gasteiger partial charge on any atom is 0.180 e. The van der Waals surface area contributed by atoms with E-state index < -0.39 is 0 Å². The van der Waals surface area contributed by atoms with E-state index in [9.17, 15) is 0 Å². The van der Waals surface area contributed by atoms with Crippen LogP contribution in [0.1, 0.15) is 5.56 Å². The lowest BCUT2D eigenvalue weighted by atomic mass is 10.2. The van der Waals surface area contributed by atoms with Crippen molar-refractivity contribution in [3.05, 3.63) is 23.8 Å². The van der Waals surface area contributed by atoms with Gasteiger partial charge in [0.2, 0.25) is 0 Å². The number of nitrogen functional groups attached to an aromatic ring is 2. The molecule has 0 amide bonds. The molecule has 8 N–H and O–H groups in total. The van der Waals surface area contributed by atoms with Crippen molar-refractivity contribution in [1.29, 1.82) is 0 Å². The summed E-state index contributed by atoms with van der Waals surface area (Å²) in [4.78, 5) is 0. The van der Waals surface area contributed by atoms with E-state index in [0.717, 1.165) is 5.56 Å². The number of nitrogens with zero attached hydrogens (tertiary/aromatic N) is 1. The number of nitrogens with two attached hydrogens (primary N) is 4. The zero-order valence-electron chi connectivity index (χ0n) is 7.60. The standard InChI is InChI=1S/C8H13N5S/c9-6-2-1-5(3-7(6)10)4-13(12)8(11)14/h1-3H,4,9-10,12H2,(H2,11,14).